The van der Waals surface area contributed by atoms with E-state index in [1.54, 1.807) is 15.9 Å². The first kappa shape index (κ1) is 22.6. The number of aliphatic hydroxyl groups is 1. The van der Waals surface area contributed by atoms with Gasteiger partial charge in [-0.1, -0.05) is 36.4 Å². The van der Waals surface area contributed by atoms with E-state index in [4.69, 9.17) is 0 Å². The molecule has 2 aromatic carbocycles. The highest BCUT2D eigenvalue weighted by atomic mass is 19.4. The smallest absolute Gasteiger partial charge is 0.383 e. The summed E-state index contributed by atoms with van der Waals surface area (Å²) in [6, 6.07) is 13.3. The molecule has 0 bridgehead atoms. The molecule has 5 nitrogen and oxygen atoms in total. The van der Waals surface area contributed by atoms with Crippen LogP contribution < -0.4 is 0 Å². The molecule has 2 aliphatic heterocycles. The average Bonchev–Trinajstić information content (AvgIpc) is 2.82. The zero-order valence-electron chi connectivity index (χ0n) is 17.7. The van der Waals surface area contributed by atoms with Gasteiger partial charge >= 0.3 is 6.18 Å². The minimum absolute atomic E-state index is 0.105. The third kappa shape index (κ3) is 4.60. The summed E-state index contributed by atoms with van der Waals surface area (Å²) in [6.07, 6.45) is -5.37. The number of halogens is 3. The molecule has 32 heavy (non-hydrogen) atoms. The molecule has 8 heteroatoms. The number of hydrogen-bond acceptors (Lipinski definition) is 3. The zero-order valence-corrected chi connectivity index (χ0v) is 17.7. The standard InChI is InChI=1S/C24H27F3N2O3/c25-24(26,27)21(30)17-10-13-28(14-11-17)22(31)18-7-4-12-29(15-18)23(32)20-9-3-6-16-5-1-2-8-19(16)20/h1-3,5-6,8-9,17-18,21,30H,4,7,10-15H2/t18-,21-/m0/s1. The maximum absolute atomic E-state index is 13.2. The molecule has 2 fully saturated rings. The van der Waals surface area contributed by atoms with E-state index in [9.17, 15) is 27.9 Å². The van der Waals surface area contributed by atoms with Crippen LogP contribution in [0.1, 0.15) is 36.0 Å². The van der Waals surface area contributed by atoms with Gasteiger partial charge in [-0.3, -0.25) is 9.59 Å². The molecule has 0 saturated carbocycles. The summed E-state index contributed by atoms with van der Waals surface area (Å²) in [6.45, 7) is 1.28. The average molecular weight is 448 g/mol. The molecule has 0 spiro atoms. The monoisotopic (exact) mass is 448 g/mol. The molecule has 2 saturated heterocycles. The number of fused-ring (bicyclic) bond motifs is 1. The summed E-state index contributed by atoms with van der Waals surface area (Å²) in [4.78, 5) is 29.6. The number of hydrogen-bond donors (Lipinski definition) is 1. The second-order valence-electron chi connectivity index (χ2n) is 8.77. The van der Waals surface area contributed by atoms with Crippen molar-refractivity contribution >= 4 is 22.6 Å². The third-order valence-electron chi connectivity index (χ3n) is 6.71. The fraction of sp³-hybridized carbons (Fsp3) is 0.500. The van der Waals surface area contributed by atoms with Crippen molar-refractivity contribution in [3.05, 3.63) is 48.0 Å². The number of likely N-dealkylation sites (tertiary alicyclic amines) is 2. The molecule has 0 radical (unpaired) electrons. The van der Waals surface area contributed by atoms with Crippen molar-refractivity contribution in [2.75, 3.05) is 26.2 Å². The van der Waals surface area contributed by atoms with Crippen LogP contribution in [0.5, 0.6) is 0 Å². The second kappa shape index (κ2) is 9.10. The van der Waals surface area contributed by atoms with Crippen molar-refractivity contribution in [1.82, 2.24) is 9.80 Å². The van der Waals surface area contributed by atoms with Crippen molar-refractivity contribution < 1.29 is 27.9 Å². The number of piperidine rings is 2. The van der Waals surface area contributed by atoms with E-state index in [1.807, 2.05) is 36.4 Å². The minimum atomic E-state index is -4.64. The maximum Gasteiger partial charge on any atom is 0.414 e. The quantitative estimate of drug-likeness (QED) is 0.776. The van der Waals surface area contributed by atoms with Gasteiger partial charge in [0.15, 0.2) is 6.10 Å². The Kier molecular flexibility index (Phi) is 6.42. The van der Waals surface area contributed by atoms with Gasteiger partial charge in [-0.2, -0.15) is 13.2 Å². The lowest BCUT2D eigenvalue weighted by atomic mass is 9.89. The van der Waals surface area contributed by atoms with Gasteiger partial charge in [-0.05, 0) is 48.4 Å². The molecule has 2 heterocycles. The summed E-state index contributed by atoms with van der Waals surface area (Å²) in [5.74, 6) is -1.45. The van der Waals surface area contributed by atoms with Gasteiger partial charge in [0.25, 0.3) is 5.91 Å². The van der Waals surface area contributed by atoms with E-state index in [-0.39, 0.29) is 43.7 Å². The topological polar surface area (TPSA) is 60.9 Å². The van der Waals surface area contributed by atoms with Crippen LogP contribution in [0.3, 0.4) is 0 Å². The molecule has 2 atom stereocenters. The van der Waals surface area contributed by atoms with Crippen molar-refractivity contribution in [1.29, 1.82) is 0 Å². The molecular formula is C24H27F3N2O3. The van der Waals surface area contributed by atoms with Crippen LogP contribution in [0, 0.1) is 11.8 Å². The Morgan fingerprint density at radius 1 is 0.938 bits per heavy atom. The fourth-order valence-electron chi connectivity index (χ4n) is 4.91. The van der Waals surface area contributed by atoms with Gasteiger partial charge < -0.3 is 14.9 Å². The lowest BCUT2D eigenvalue weighted by Gasteiger charge is -2.39. The first-order chi connectivity index (χ1) is 15.3. The van der Waals surface area contributed by atoms with Gasteiger partial charge in [0, 0.05) is 31.7 Å². The van der Waals surface area contributed by atoms with E-state index in [0.717, 1.165) is 10.8 Å². The van der Waals surface area contributed by atoms with E-state index in [2.05, 4.69) is 0 Å². The normalized spacial score (nSPS) is 21.6. The van der Waals surface area contributed by atoms with Gasteiger partial charge in [-0.15, -0.1) is 0 Å². The maximum atomic E-state index is 13.2. The lowest BCUT2D eigenvalue weighted by Crippen LogP contribution is -2.50. The fourth-order valence-corrected chi connectivity index (χ4v) is 4.91. The van der Waals surface area contributed by atoms with Crippen molar-refractivity contribution in [3.63, 3.8) is 0 Å². The number of nitrogens with zero attached hydrogens (tertiary/aromatic N) is 2. The molecule has 1 N–H and O–H groups in total. The van der Waals surface area contributed by atoms with E-state index in [0.29, 0.717) is 31.5 Å². The highest BCUT2D eigenvalue weighted by Gasteiger charge is 2.45. The number of carbonyl (C=O) groups is 2. The van der Waals surface area contributed by atoms with Crippen LogP contribution in [-0.4, -0.2) is 65.2 Å². The number of amides is 2. The van der Waals surface area contributed by atoms with Crippen molar-refractivity contribution in [2.45, 2.75) is 38.0 Å². The van der Waals surface area contributed by atoms with Gasteiger partial charge in [-0.25, -0.2) is 0 Å². The number of carbonyl (C=O) groups excluding carboxylic acids is 2. The summed E-state index contributed by atoms with van der Waals surface area (Å²) < 4.78 is 38.3. The number of benzene rings is 2. The molecule has 2 aliphatic rings. The minimum Gasteiger partial charge on any atom is -0.383 e. The summed E-state index contributed by atoms with van der Waals surface area (Å²) in [5, 5.41) is 11.3. The van der Waals surface area contributed by atoms with Crippen LogP contribution in [0.25, 0.3) is 10.8 Å². The second-order valence-corrected chi connectivity index (χ2v) is 8.77. The van der Waals surface area contributed by atoms with Crippen LogP contribution in [-0.2, 0) is 4.79 Å². The molecule has 0 unspecified atom stereocenters. The predicted molar refractivity (Wildman–Crippen MR) is 114 cm³/mol. The van der Waals surface area contributed by atoms with Crippen LogP contribution in [0.15, 0.2) is 42.5 Å². The number of rotatable bonds is 3. The highest BCUT2D eigenvalue weighted by Crippen LogP contribution is 2.32. The van der Waals surface area contributed by atoms with Crippen LogP contribution in [0.2, 0.25) is 0 Å². The SMILES string of the molecule is O=C(c1cccc2ccccc12)N1CCC[C@H](C(=O)N2CCC([C@H](O)C(F)(F)F)CC2)C1. The lowest BCUT2D eigenvalue weighted by molar-refractivity contribution is -0.223. The van der Waals surface area contributed by atoms with Crippen LogP contribution in [0.4, 0.5) is 13.2 Å². The Morgan fingerprint density at radius 3 is 2.34 bits per heavy atom. The largest absolute Gasteiger partial charge is 0.414 e. The number of aliphatic hydroxyl groups excluding tert-OH is 1. The van der Waals surface area contributed by atoms with E-state index >= 15 is 0 Å². The predicted octanol–water partition coefficient (Wildman–Crippen LogP) is 3.85. The molecular weight excluding hydrogens is 421 g/mol. The first-order valence-corrected chi connectivity index (χ1v) is 11.1. The molecule has 0 aliphatic carbocycles. The molecule has 2 amide bonds. The Bertz CT molecular complexity index is 981. The Labute approximate surface area is 184 Å². The third-order valence-corrected chi connectivity index (χ3v) is 6.71. The highest BCUT2D eigenvalue weighted by molar-refractivity contribution is 6.07. The Hall–Kier alpha value is -2.61. The van der Waals surface area contributed by atoms with Crippen molar-refractivity contribution in [2.24, 2.45) is 11.8 Å². The van der Waals surface area contributed by atoms with E-state index < -0.39 is 18.2 Å². The molecule has 2 aromatic rings. The van der Waals surface area contributed by atoms with E-state index in [1.165, 1.54) is 0 Å². The van der Waals surface area contributed by atoms with Crippen molar-refractivity contribution in [3.8, 4) is 0 Å². The van der Waals surface area contributed by atoms with Gasteiger partial charge in [0.1, 0.15) is 0 Å². The molecule has 4 rings (SSSR count). The van der Waals surface area contributed by atoms with Crippen LogP contribution >= 0.6 is 0 Å². The zero-order chi connectivity index (χ0) is 22.9. The van der Waals surface area contributed by atoms with Gasteiger partial charge in [0.05, 0.1) is 5.92 Å². The Balaban J connectivity index is 1.40. The molecule has 0 aromatic heterocycles. The molecule has 172 valence electrons. The van der Waals surface area contributed by atoms with Gasteiger partial charge in [0.2, 0.25) is 5.91 Å². The Morgan fingerprint density at radius 2 is 1.62 bits per heavy atom. The summed E-state index contributed by atoms with van der Waals surface area (Å²) >= 11 is 0. The summed E-state index contributed by atoms with van der Waals surface area (Å²) in [5.41, 5.74) is 0.609. The summed E-state index contributed by atoms with van der Waals surface area (Å²) in [7, 11) is 0. The number of alkyl halides is 3. The first-order valence-electron chi connectivity index (χ1n) is 11.1.